The molecule has 0 aromatic carbocycles. The molecule has 0 saturated heterocycles. The van der Waals surface area contributed by atoms with Crippen molar-refractivity contribution in [2.45, 2.75) is 32.1 Å². The molecule has 0 aromatic heterocycles. The van der Waals surface area contributed by atoms with E-state index in [1.807, 2.05) is 0 Å². The van der Waals surface area contributed by atoms with E-state index in [9.17, 15) is 0 Å². The van der Waals surface area contributed by atoms with Crippen molar-refractivity contribution in [2.24, 2.45) is 23.7 Å². The van der Waals surface area contributed by atoms with Crippen LogP contribution in [0.1, 0.15) is 32.1 Å². The number of hydrogen-bond acceptors (Lipinski definition) is 0. The molecule has 0 spiro atoms. The van der Waals surface area contributed by atoms with Crippen LogP contribution in [0.3, 0.4) is 0 Å². The molecule has 4 aliphatic carbocycles. The van der Waals surface area contributed by atoms with Crippen LogP contribution in [0.2, 0.25) is 0 Å². The van der Waals surface area contributed by atoms with Gasteiger partial charge < -0.3 is 6.42 Å². The Morgan fingerprint density at radius 2 is 1.18 bits per heavy atom. The summed E-state index contributed by atoms with van der Waals surface area (Å²) >= 11 is 0. The van der Waals surface area contributed by atoms with Gasteiger partial charge in [0.1, 0.15) is 0 Å². The molecular weight excluding hydrogens is 312 g/mol. The zero-order valence-electron chi connectivity index (χ0n) is 6.76. The van der Waals surface area contributed by atoms with Gasteiger partial charge >= 0.3 is 0 Å². The van der Waals surface area contributed by atoms with Gasteiger partial charge in [-0.15, -0.1) is 0 Å². The third kappa shape index (κ3) is 1.31. The van der Waals surface area contributed by atoms with Gasteiger partial charge in [-0.1, -0.05) is 25.7 Å². The zero-order chi connectivity index (χ0) is 6.55. The summed E-state index contributed by atoms with van der Waals surface area (Å²) in [5.41, 5.74) is 0. The molecule has 0 aromatic rings. The van der Waals surface area contributed by atoms with E-state index in [2.05, 4.69) is 6.42 Å². The first-order chi connectivity index (χ1) is 4.90. The van der Waals surface area contributed by atoms with E-state index in [1.54, 1.807) is 32.1 Å². The van der Waals surface area contributed by atoms with Gasteiger partial charge in [-0.3, -0.25) is 0 Å². The molecule has 11 heavy (non-hydrogen) atoms. The molecule has 65 valence electrons. The van der Waals surface area contributed by atoms with E-state index < -0.39 is 0 Å². The Morgan fingerprint density at radius 1 is 0.727 bits per heavy atom. The predicted molar refractivity (Wildman–Crippen MR) is 41.3 cm³/mol. The Morgan fingerprint density at radius 3 is 1.55 bits per heavy atom. The van der Waals surface area contributed by atoms with E-state index in [0.717, 1.165) is 23.7 Å². The van der Waals surface area contributed by atoms with Crippen molar-refractivity contribution in [3.05, 3.63) is 6.42 Å². The van der Waals surface area contributed by atoms with Gasteiger partial charge in [-0.05, 0) is 18.3 Å². The van der Waals surface area contributed by atoms with Crippen molar-refractivity contribution < 1.29 is 20.1 Å². The first-order valence-electron chi connectivity index (χ1n) is 4.75. The smallest absolute Gasteiger partial charge is 0 e. The van der Waals surface area contributed by atoms with Crippen LogP contribution < -0.4 is 0 Å². The second-order valence-corrected chi connectivity index (χ2v) is 4.62. The Hall–Kier alpha value is 0.649. The average Bonchev–Trinajstić information content (AvgIpc) is 1.82. The average molecular weight is 327 g/mol. The Bertz CT molecular complexity index is 96.4. The third-order valence-corrected chi connectivity index (χ3v) is 3.76. The quantitative estimate of drug-likeness (QED) is 0.600. The second-order valence-electron chi connectivity index (χ2n) is 4.62. The van der Waals surface area contributed by atoms with Crippen LogP contribution >= 0.6 is 0 Å². The molecule has 0 amide bonds. The molecule has 4 saturated carbocycles. The topological polar surface area (TPSA) is 0 Å². The van der Waals surface area contributed by atoms with Gasteiger partial charge in [0.15, 0.2) is 0 Å². The van der Waals surface area contributed by atoms with Crippen molar-refractivity contribution in [3.8, 4) is 0 Å². The van der Waals surface area contributed by atoms with Crippen molar-refractivity contribution >= 4 is 0 Å². The second kappa shape index (κ2) is 2.85. The molecule has 4 bridgehead atoms. The molecule has 4 rings (SSSR count). The predicted octanol–water partition coefficient (Wildman–Crippen LogP) is 2.64. The van der Waals surface area contributed by atoms with Crippen LogP contribution in [0.25, 0.3) is 0 Å². The largest absolute Gasteiger partial charge is 0.322 e. The summed E-state index contributed by atoms with van der Waals surface area (Å²) in [5.74, 6) is 4.40. The molecule has 0 unspecified atom stereocenters. The van der Waals surface area contributed by atoms with Crippen LogP contribution in [-0.2, 0) is 20.1 Å². The minimum Gasteiger partial charge on any atom is -0.322 e. The van der Waals surface area contributed by atoms with E-state index in [-0.39, 0.29) is 20.1 Å². The summed E-state index contributed by atoms with van der Waals surface area (Å²) in [6, 6.07) is 0. The summed E-state index contributed by atoms with van der Waals surface area (Å²) in [6.07, 6.45) is 10.4. The van der Waals surface area contributed by atoms with Crippen LogP contribution in [-0.4, -0.2) is 0 Å². The van der Waals surface area contributed by atoms with Crippen molar-refractivity contribution in [1.82, 2.24) is 0 Å². The molecule has 0 aliphatic heterocycles. The number of hydrogen-bond donors (Lipinski definition) is 0. The molecule has 4 fully saturated rings. The first kappa shape index (κ1) is 8.26. The van der Waals surface area contributed by atoms with Gasteiger partial charge in [0.2, 0.25) is 0 Å². The molecule has 0 nitrogen and oxygen atoms in total. The minimum absolute atomic E-state index is 0. The summed E-state index contributed by atoms with van der Waals surface area (Å²) in [4.78, 5) is 0. The third-order valence-electron chi connectivity index (χ3n) is 3.76. The fraction of sp³-hybridized carbons (Fsp3) is 0.900. The van der Waals surface area contributed by atoms with E-state index in [0.29, 0.717) is 0 Å². The molecule has 0 heterocycles. The van der Waals surface area contributed by atoms with Crippen LogP contribution in [0.15, 0.2) is 0 Å². The Kier molecular flexibility index (Phi) is 2.14. The minimum atomic E-state index is 0. The van der Waals surface area contributed by atoms with Crippen LogP contribution in [0.5, 0.6) is 0 Å². The molecule has 0 N–H and O–H groups in total. The molecule has 0 atom stereocenters. The summed E-state index contributed by atoms with van der Waals surface area (Å²) in [6.45, 7) is 0. The van der Waals surface area contributed by atoms with Gasteiger partial charge in [0.05, 0.1) is 0 Å². The molecular formula is C10H15Ir-. The Labute approximate surface area is 82.5 Å². The van der Waals surface area contributed by atoms with Crippen LogP contribution in [0, 0.1) is 30.1 Å². The van der Waals surface area contributed by atoms with Gasteiger partial charge in [0.25, 0.3) is 0 Å². The maximum Gasteiger partial charge on any atom is 0 e. The van der Waals surface area contributed by atoms with Crippen molar-refractivity contribution in [3.63, 3.8) is 0 Å². The van der Waals surface area contributed by atoms with Crippen LogP contribution in [0.4, 0.5) is 0 Å². The van der Waals surface area contributed by atoms with Crippen molar-refractivity contribution in [1.29, 1.82) is 0 Å². The van der Waals surface area contributed by atoms with E-state index in [1.165, 1.54) is 0 Å². The molecule has 4 aliphatic rings. The SMILES string of the molecule is [CH-]1C2CC3CC1CC(C2)C3.[Ir]. The van der Waals surface area contributed by atoms with Gasteiger partial charge in [-0.25, -0.2) is 0 Å². The van der Waals surface area contributed by atoms with E-state index in [4.69, 9.17) is 0 Å². The van der Waals surface area contributed by atoms with E-state index >= 15 is 0 Å². The standard InChI is InChI=1S/C10H15.Ir/c1-7-2-9-4-8(1)5-10(3-7)6-9;/h1,7-10H,2-6H2;/q-1;. The normalized spacial score (nSPS) is 52.4. The Balaban J connectivity index is 0.000000480. The zero-order valence-corrected chi connectivity index (χ0v) is 9.15. The summed E-state index contributed by atoms with van der Waals surface area (Å²) in [7, 11) is 0. The monoisotopic (exact) mass is 328 g/mol. The van der Waals surface area contributed by atoms with Gasteiger partial charge in [-0.2, -0.15) is 11.8 Å². The summed E-state index contributed by atoms with van der Waals surface area (Å²) in [5, 5.41) is 0. The fourth-order valence-electron chi connectivity index (χ4n) is 3.65. The molecule has 1 heteroatoms. The fourth-order valence-corrected chi connectivity index (χ4v) is 3.65. The maximum atomic E-state index is 2.66. The van der Waals surface area contributed by atoms with Gasteiger partial charge in [0, 0.05) is 20.1 Å². The van der Waals surface area contributed by atoms with Crippen molar-refractivity contribution in [2.75, 3.05) is 0 Å². The molecule has 1 radical (unpaired) electrons. The summed E-state index contributed by atoms with van der Waals surface area (Å²) < 4.78 is 0. The first-order valence-corrected chi connectivity index (χ1v) is 4.75. The maximum absolute atomic E-state index is 2.66. The number of rotatable bonds is 0.